The first-order chi connectivity index (χ1) is 9.29. The molecular formula is C18H16O. The lowest BCUT2D eigenvalue weighted by molar-refractivity contribution is 0.415. The third-order valence-corrected chi connectivity index (χ3v) is 3.52. The van der Waals surface area contributed by atoms with Crippen molar-refractivity contribution in [1.29, 1.82) is 0 Å². The molecule has 1 heteroatoms. The maximum Gasteiger partial charge on any atom is 0.119 e. The molecule has 0 saturated heterocycles. The molecule has 0 spiro atoms. The van der Waals surface area contributed by atoms with Crippen molar-refractivity contribution in [1.82, 2.24) is 0 Å². The van der Waals surface area contributed by atoms with Crippen LogP contribution in [0.15, 0.2) is 60.7 Å². The highest BCUT2D eigenvalue weighted by atomic mass is 16.5. The Morgan fingerprint density at radius 2 is 1.53 bits per heavy atom. The molecule has 94 valence electrons. The van der Waals surface area contributed by atoms with E-state index in [-0.39, 0.29) is 0 Å². The topological polar surface area (TPSA) is 9.23 Å². The maximum atomic E-state index is 5.31. The molecule has 0 radical (unpaired) electrons. The summed E-state index contributed by atoms with van der Waals surface area (Å²) in [5.41, 5.74) is 3.75. The van der Waals surface area contributed by atoms with Gasteiger partial charge in [-0.1, -0.05) is 48.5 Å². The first-order valence-corrected chi connectivity index (χ1v) is 6.42. The molecule has 0 aliphatic heterocycles. The van der Waals surface area contributed by atoms with Gasteiger partial charge < -0.3 is 4.74 Å². The fourth-order valence-electron chi connectivity index (χ4n) is 2.51. The van der Waals surface area contributed by atoms with Crippen LogP contribution in [0.25, 0.3) is 21.9 Å². The lowest BCUT2D eigenvalue weighted by Crippen LogP contribution is -1.86. The van der Waals surface area contributed by atoms with Crippen LogP contribution >= 0.6 is 0 Å². The Labute approximate surface area is 113 Å². The van der Waals surface area contributed by atoms with Crippen LogP contribution in [0.4, 0.5) is 0 Å². The first-order valence-electron chi connectivity index (χ1n) is 6.42. The summed E-state index contributed by atoms with van der Waals surface area (Å²) in [6, 6.07) is 21.1. The van der Waals surface area contributed by atoms with Gasteiger partial charge in [-0.05, 0) is 46.5 Å². The fraction of sp³-hybridized carbons (Fsp3) is 0.111. The largest absolute Gasteiger partial charge is 0.497 e. The highest BCUT2D eigenvalue weighted by Crippen LogP contribution is 2.31. The van der Waals surface area contributed by atoms with Gasteiger partial charge in [0.15, 0.2) is 0 Å². The third kappa shape index (κ3) is 2.08. The van der Waals surface area contributed by atoms with E-state index in [1.54, 1.807) is 7.11 Å². The Bertz CT molecular complexity index is 729. The third-order valence-electron chi connectivity index (χ3n) is 3.52. The van der Waals surface area contributed by atoms with Gasteiger partial charge in [0.05, 0.1) is 7.11 Å². The summed E-state index contributed by atoms with van der Waals surface area (Å²) in [4.78, 5) is 0. The molecular weight excluding hydrogens is 232 g/mol. The number of benzene rings is 3. The zero-order valence-corrected chi connectivity index (χ0v) is 11.2. The molecule has 0 N–H and O–H groups in total. The van der Waals surface area contributed by atoms with E-state index in [0.717, 1.165) is 5.75 Å². The lowest BCUT2D eigenvalue weighted by Gasteiger charge is -2.10. The second-order valence-electron chi connectivity index (χ2n) is 4.71. The Balaban J connectivity index is 2.27. The van der Waals surface area contributed by atoms with Crippen LogP contribution in [0, 0.1) is 6.92 Å². The lowest BCUT2D eigenvalue weighted by atomic mass is 9.96. The van der Waals surface area contributed by atoms with Crippen molar-refractivity contribution in [3.8, 4) is 16.9 Å². The van der Waals surface area contributed by atoms with E-state index in [0.29, 0.717) is 0 Å². The molecule has 3 aromatic rings. The molecule has 1 nitrogen and oxygen atoms in total. The second-order valence-corrected chi connectivity index (χ2v) is 4.71. The van der Waals surface area contributed by atoms with Crippen molar-refractivity contribution >= 4 is 10.8 Å². The summed E-state index contributed by atoms with van der Waals surface area (Å²) in [7, 11) is 1.70. The summed E-state index contributed by atoms with van der Waals surface area (Å²) < 4.78 is 5.31. The SMILES string of the molecule is COc1cccc(-c2cccc3c(C)cccc23)c1. The van der Waals surface area contributed by atoms with Gasteiger partial charge in [0.2, 0.25) is 0 Å². The van der Waals surface area contributed by atoms with E-state index >= 15 is 0 Å². The minimum absolute atomic E-state index is 0.891. The number of aryl methyl sites for hydroxylation is 1. The Morgan fingerprint density at radius 1 is 0.789 bits per heavy atom. The molecule has 0 bridgehead atoms. The number of fused-ring (bicyclic) bond motifs is 1. The number of hydrogen-bond donors (Lipinski definition) is 0. The zero-order valence-electron chi connectivity index (χ0n) is 11.2. The van der Waals surface area contributed by atoms with Gasteiger partial charge in [-0.15, -0.1) is 0 Å². The summed E-state index contributed by atoms with van der Waals surface area (Å²) in [5, 5.41) is 2.60. The highest BCUT2D eigenvalue weighted by Gasteiger charge is 2.05. The van der Waals surface area contributed by atoms with Gasteiger partial charge >= 0.3 is 0 Å². The highest BCUT2D eigenvalue weighted by molar-refractivity contribution is 5.98. The average molecular weight is 248 g/mol. The maximum absolute atomic E-state index is 5.31. The van der Waals surface area contributed by atoms with Gasteiger partial charge in [0, 0.05) is 0 Å². The predicted molar refractivity (Wildman–Crippen MR) is 80.7 cm³/mol. The minimum atomic E-state index is 0.891. The van der Waals surface area contributed by atoms with Crippen LogP contribution in [0.3, 0.4) is 0 Å². The number of rotatable bonds is 2. The Hall–Kier alpha value is -2.28. The monoisotopic (exact) mass is 248 g/mol. The molecule has 0 unspecified atom stereocenters. The molecule has 19 heavy (non-hydrogen) atoms. The standard InChI is InChI=1S/C18H16O/c1-13-6-3-11-18-16(13)9-5-10-17(18)14-7-4-8-15(12-14)19-2/h3-12H,1-2H3. The fourth-order valence-corrected chi connectivity index (χ4v) is 2.51. The zero-order chi connectivity index (χ0) is 13.2. The number of ether oxygens (including phenoxy) is 1. The average Bonchev–Trinajstić information content (AvgIpc) is 2.47. The van der Waals surface area contributed by atoms with E-state index in [2.05, 4.69) is 55.5 Å². The van der Waals surface area contributed by atoms with E-state index in [4.69, 9.17) is 4.74 Å². The summed E-state index contributed by atoms with van der Waals surface area (Å²) in [5.74, 6) is 0.891. The molecule has 0 heterocycles. The quantitative estimate of drug-likeness (QED) is 0.631. The summed E-state index contributed by atoms with van der Waals surface area (Å²) in [6.45, 7) is 2.15. The van der Waals surface area contributed by atoms with E-state index in [1.165, 1.54) is 27.5 Å². The molecule has 0 amide bonds. The summed E-state index contributed by atoms with van der Waals surface area (Å²) in [6.07, 6.45) is 0. The molecule has 0 aliphatic carbocycles. The molecule has 0 fully saturated rings. The van der Waals surface area contributed by atoms with Crippen molar-refractivity contribution in [3.05, 3.63) is 66.2 Å². The van der Waals surface area contributed by atoms with E-state index < -0.39 is 0 Å². The van der Waals surface area contributed by atoms with Crippen molar-refractivity contribution in [3.63, 3.8) is 0 Å². The molecule has 3 rings (SSSR count). The van der Waals surface area contributed by atoms with Crippen molar-refractivity contribution in [2.45, 2.75) is 6.92 Å². The first kappa shape index (κ1) is 11.8. The summed E-state index contributed by atoms with van der Waals surface area (Å²) >= 11 is 0. The van der Waals surface area contributed by atoms with Crippen LogP contribution in [-0.2, 0) is 0 Å². The molecule has 0 atom stereocenters. The van der Waals surface area contributed by atoms with Gasteiger partial charge in [0.25, 0.3) is 0 Å². The normalized spacial score (nSPS) is 10.6. The van der Waals surface area contributed by atoms with Crippen LogP contribution in [0.2, 0.25) is 0 Å². The van der Waals surface area contributed by atoms with Gasteiger partial charge in [-0.25, -0.2) is 0 Å². The van der Waals surface area contributed by atoms with Crippen molar-refractivity contribution < 1.29 is 4.74 Å². The van der Waals surface area contributed by atoms with Gasteiger partial charge in [-0.2, -0.15) is 0 Å². The van der Waals surface area contributed by atoms with E-state index in [9.17, 15) is 0 Å². The van der Waals surface area contributed by atoms with Crippen LogP contribution in [0.1, 0.15) is 5.56 Å². The molecule has 0 aromatic heterocycles. The van der Waals surface area contributed by atoms with E-state index in [1.807, 2.05) is 12.1 Å². The van der Waals surface area contributed by atoms with Gasteiger partial charge in [0.1, 0.15) is 5.75 Å². The smallest absolute Gasteiger partial charge is 0.119 e. The Kier molecular flexibility index (Phi) is 2.96. The molecule has 0 saturated carbocycles. The van der Waals surface area contributed by atoms with Crippen molar-refractivity contribution in [2.75, 3.05) is 7.11 Å². The molecule has 0 aliphatic rings. The van der Waals surface area contributed by atoms with Crippen LogP contribution in [0.5, 0.6) is 5.75 Å². The number of methoxy groups -OCH3 is 1. The predicted octanol–water partition coefficient (Wildman–Crippen LogP) is 4.82. The Morgan fingerprint density at radius 3 is 2.37 bits per heavy atom. The number of hydrogen-bond acceptors (Lipinski definition) is 1. The van der Waals surface area contributed by atoms with Crippen LogP contribution < -0.4 is 4.74 Å². The second kappa shape index (κ2) is 4.77. The minimum Gasteiger partial charge on any atom is -0.497 e. The van der Waals surface area contributed by atoms with Crippen LogP contribution in [-0.4, -0.2) is 7.11 Å². The van der Waals surface area contributed by atoms with Gasteiger partial charge in [-0.3, -0.25) is 0 Å². The van der Waals surface area contributed by atoms with Crippen molar-refractivity contribution in [2.24, 2.45) is 0 Å². The molecule has 3 aromatic carbocycles.